The Kier molecular flexibility index (Phi) is 6.07. The molecule has 0 radical (unpaired) electrons. The van der Waals surface area contributed by atoms with Crippen molar-refractivity contribution in [2.45, 2.75) is 52.6 Å². The first-order valence-electron chi connectivity index (χ1n) is 7.11. The van der Waals surface area contributed by atoms with Crippen LogP contribution in [0.25, 0.3) is 0 Å². The molecule has 1 rings (SSSR count). The Morgan fingerprint density at radius 1 is 1.32 bits per heavy atom. The maximum Gasteiger partial charge on any atom is 0.303 e. The van der Waals surface area contributed by atoms with Crippen molar-refractivity contribution in [3.63, 3.8) is 0 Å². The number of ether oxygens (including phenoxy) is 1. The summed E-state index contributed by atoms with van der Waals surface area (Å²) < 4.78 is 5.38. The third-order valence-corrected chi connectivity index (χ3v) is 3.73. The summed E-state index contributed by atoms with van der Waals surface area (Å²) in [7, 11) is 0. The smallest absolute Gasteiger partial charge is 0.303 e. The van der Waals surface area contributed by atoms with Gasteiger partial charge in [0.2, 0.25) is 0 Å². The highest BCUT2D eigenvalue weighted by Gasteiger charge is 2.19. The van der Waals surface area contributed by atoms with Gasteiger partial charge >= 0.3 is 5.97 Å². The van der Waals surface area contributed by atoms with E-state index in [1.54, 1.807) is 0 Å². The highest BCUT2D eigenvalue weighted by Crippen LogP contribution is 2.27. The van der Waals surface area contributed by atoms with Crippen molar-refractivity contribution in [2.24, 2.45) is 11.8 Å². The molecule has 2 heteroatoms. The molecule has 19 heavy (non-hydrogen) atoms. The van der Waals surface area contributed by atoms with E-state index in [1.807, 2.05) is 0 Å². The predicted molar refractivity (Wildman–Crippen MR) is 79.8 cm³/mol. The Hall–Kier alpha value is -1.31. The molecule has 2 nitrogen and oxygen atoms in total. The van der Waals surface area contributed by atoms with Crippen LogP contribution in [-0.2, 0) is 9.53 Å². The van der Waals surface area contributed by atoms with Crippen molar-refractivity contribution >= 4 is 5.97 Å². The lowest BCUT2D eigenvalue weighted by molar-refractivity contribution is -0.144. The Labute approximate surface area is 117 Å². The lowest BCUT2D eigenvalue weighted by Gasteiger charge is -2.24. The molecule has 0 aromatic carbocycles. The zero-order valence-corrected chi connectivity index (χ0v) is 12.4. The van der Waals surface area contributed by atoms with Crippen molar-refractivity contribution in [2.75, 3.05) is 0 Å². The third-order valence-electron chi connectivity index (χ3n) is 3.73. The largest absolute Gasteiger partial charge is 0.458 e. The number of carbonyl (C=O) groups excluding carboxylic acids is 1. The van der Waals surface area contributed by atoms with E-state index in [2.05, 4.69) is 39.2 Å². The second-order valence-corrected chi connectivity index (χ2v) is 5.76. The summed E-state index contributed by atoms with van der Waals surface area (Å²) >= 11 is 0. The molecule has 0 N–H and O–H groups in total. The Morgan fingerprint density at radius 3 is 2.58 bits per heavy atom. The van der Waals surface area contributed by atoms with Crippen LogP contribution in [0.1, 0.15) is 46.5 Å². The lowest BCUT2D eigenvalue weighted by Crippen LogP contribution is -2.20. The predicted octanol–water partition coefficient (Wildman–Crippen LogP) is 4.43. The fourth-order valence-corrected chi connectivity index (χ4v) is 2.37. The maximum absolute atomic E-state index is 11.2. The molecule has 0 saturated carbocycles. The van der Waals surface area contributed by atoms with E-state index < -0.39 is 0 Å². The molecule has 0 fully saturated rings. The second-order valence-electron chi connectivity index (χ2n) is 5.76. The summed E-state index contributed by atoms with van der Waals surface area (Å²) in [5.41, 5.74) is 2.13. The van der Waals surface area contributed by atoms with E-state index >= 15 is 0 Å². The van der Waals surface area contributed by atoms with Crippen LogP contribution in [0.15, 0.2) is 36.5 Å². The SMILES string of the molecule is C=C1/C=C/[C@H](C(C)C)CCC(=C)[C@@H](OC(C)=O)CC1. The van der Waals surface area contributed by atoms with Crippen molar-refractivity contribution in [3.8, 4) is 0 Å². The van der Waals surface area contributed by atoms with Crippen LogP contribution in [0, 0.1) is 11.8 Å². The molecule has 0 unspecified atom stereocenters. The maximum atomic E-state index is 11.2. The van der Waals surface area contributed by atoms with Crippen molar-refractivity contribution in [3.05, 3.63) is 36.5 Å². The summed E-state index contributed by atoms with van der Waals surface area (Å²) in [6.45, 7) is 14.1. The highest BCUT2D eigenvalue weighted by atomic mass is 16.5. The molecule has 0 aromatic rings. The van der Waals surface area contributed by atoms with Gasteiger partial charge in [-0.15, -0.1) is 0 Å². The zero-order chi connectivity index (χ0) is 14.4. The number of rotatable bonds is 2. The first-order valence-corrected chi connectivity index (χ1v) is 7.11. The van der Waals surface area contributed by atoms with Gasteiger partial charge in [-0.3, -0.25) is 4.79 Å². The summed E-state index contributed by atoms with van der Waals surface area (Å²) in [6.07, 6.45) is 7.84. The average Bonchev–Trinajstić information content (AvgIpc) is 2.32. The van der Waals surface area contributed by atoms with Gasteiger partial charge < -0.3 is 4.74 Å². The van der Waals surface area contributed by atoms with E-state index in [9.17, 15) is 4.79 Å². The first kappa shape index (κ1) is 15.7. The molecule has 0 heterocycles. The number of allylic oxidation sites excluding steroid dienone is 3. The van der Waals surface area contributed by atoms with Crippen LogP contribution in [0.3, 0.4) is 0 Å². The van der Waals surface area contributed by atoms with Crippen LogP contribution < -0.4 is 0 Å². The van der Waals surface area contributed by atoms with Crippen LogP contribution in [0.5, 0.6) is 0 Å². The summed E-state index contributed by atoms with van der Waals surface area (Å²) in [5.74, 6) is 0.901. The fourth-order valence-electron chi connectivity index (χ4n) is 2.37. The van der Waals surface area contributed by atoms with Gasteiger partial charge in [0, 0.05) is 6.92 Å². The lowest BCUT2D eigenvalue weighted by atomic mass is 9.86. The van der Waals surface area contributed by atoms with Gasteiger partial charge in [0.25, 0.3) is 0 Å². The Balaban J connectivity index is 2.80. The quantitative estimate of drug-likeness (QED) is 0.543. The Morgan fingerprint density at radius 2 is 2.00 bits per heavy atom. The van der Waals surface area contributed by atoms with Crippen LogP contribution >= 0.6 is 0 Å². The van der Waals surface area contributed by atoms with Gasteiger partial charge in [0.15, 0.2) is 0 Å². The molecule has 0 aliphatic heterocycles. The van der Waals surface area contributed by atoms with Crippen LogP contribution in [0.2, 0.25) is 0 Å². The minimum atomic E-state index is -0.232. The van der Waals surface area contributed by atoms with Gasteiger partial charge in [-0.2, -0.15) is 0 Å². The van der Waals surface area contributed by atoms with Gasteiger partial charge in [0.05, 0.1) is 0 Å². The summed E-state index contributed by atoms with van der Waals surface area (Å²) in [6, 6.07) is 0. The van der Waals surface area contributed by atoms with Crippen molar-refractivity contribution < 1.29 is 9.53 Å². The molecule has 1 aliphatic rings. The van der Waals surface area contributed by atoms with Gasteiger partial charge in [-0.05, 0) is 43.1 Å². The molecular weight excluding hydrogens is 236 g/mol. The molecule has 1 aliphatic carbocycles. The topological polar surface area (TPSA) is 26.3 Å². The molecule has 2 atom stereocenters. The summed E-state index contributed by atoms with van der Waals surface area (Å²) in [4.78, 5) is 11.2. The van der Waals surface area contributed by atoms with E-state index in [0.717, 1.165) is 36.8 Å². The number of hydrogen-bond acceptors (Lipinski definition) is 2. The molecular formula is C17H26O2. The fraction of sp³-hybridized carbons (Fsp3) is 0.588. The molecule has 0 saturated heterocycles. The van der Waals surface area contributed by atoms with E-state index in [-0.39, 0.29) is 12.1 Å². The minimum Gasteiger partial charge on any atom is -0.458 e. The van der Waals surface area contributed by atoms with Gasteiger partial charge in [-0.1, -0.05) is 44.7 Å². The summed E-state index contributed by atoms with van der Waals surface area (Å²) in [5, 5.41) is 0. The first-order chi connectivity index (χ1) is 8.90. The standard InChI is InChI=1S/C17H26O2/c1-12(2)16-9-6-13(3)7-11-17(19-15(5)18)14(4)8-10-16/h6,9,12,16-17H,3-4,7-8,10-11H2,1-2,5H3/b9-6+/t16-,17-/m0/s1. The normalized spacial score (nSPS) is 27.2. The molecule has 0 aromatic heterocycles. The highest BCUT2D eigenvalue weighted by molar-refractivity contribution is 5.66. The van der Waals surface area contributed by atoms with Gasteiger partial charge in [-0.25, -0.2) is 0 Å². The Bertz CT molecular complexity index is 377. The van der Waals surface area contributed by atoms with Crippen molar-refractivity contribution in [1.29, 1.82) is 0 Å². The van der Waals surface area contributed by atoms with Crippen LogP contribution in [-0.4, -0.2) is 12.1 Å². The van der Waals surface area contributed by atoms with Gasteiger partial charge in [0.1, 0.15) is 6.10 Å². The molecule has 0 spiro atoms. The monoisotopic (exact) mass is 262 g/mol. The molecule has 0 amide bonds. The van der Waals surface area contributed by atoms with E-state index in [4.69, 9.17) is 4.74 Å². The number of hydrogen-bond donors (Lipinski definition) is 0. The van der Waals surface area contributed by atoms with Crippen LogP contribution in [0.4, 0.5) is 0 Å². The zero-order valence-electron chi connectivity index (χ0n) is 12.4. The number of esters is 1. The minimum absolute atomic E-state index is 0.159. The van der Waals surface area contributed by atoms with Crippen molar-refractivity contribution in [1.82, 2.24) is 0 Å². The third kappa shape index (κ3) is 5.46. The second kappa shape index (κ2) is 7.32. The molecule has 106 valence electrons. The molecule has 0 bridgehead atoms. The number of carbonyl (C=O) groups is 1. The van der Waals surface area contributed by atoms with E-state index in [1.165, 1.54) is 6.92 Å². The average molecular weight is 262 g/mol. The van der Waals surface area contributed by atoms with E-state index in [0.29, 0.717) is 11.8 Å².